The summed E-state index contributed by atoms with van der Waals surface area (Å²) in [6.07, 6.45) is 0.245. The van der Waals surface area contributed by atoms with Crippen molar-refractivity contribution in [2.75, 3.05) is 7.11 Å². The SMILES string of the molecule is COc1cccc(CP(OP(=O)(O)O)(c2ccccc2C)(c2ccccc2C)c2ccccc2C)c1. The van der Waals surface area contributed by atoms with Crippen LogP contribution in [0.1, 0.15) is 22.3 Å². The zero-order chi connectivity index (χ0) is 26.0. The zero-order valence-electron chi connectivity index (χ0n) is 21.0. The Morgan fingerprint density at radius 3 is 1.53 bits per heavy atom. The maximum absolute atomic E-state index is 13.1. The van der Waals surface area contributed by atoms with Crippen LogP contribution in [-0.2, 0) is 15.0 Å². The minimum atomic E-state index is -5.04. The average Bonchev–Trinajstić information content (AvgIpc) is 2.84. The number of methoxy groups -OCH3 is 1. The van der Waals surface area contributed by atoms with E-state index in [-0.39, 0.29) is 6.16 Å². The molecule has 0 bridgehead atoms. The van der Waals surface area contributed by atoms with Crippen LogP contribution in [0.2, 0.25) is 0 Å². The Hall–Kier alpha value is -2.78. The van der Waals surface area contributed by atoms with Crippen molar-refractivity contribution in [2.45, 2.75) is 26.9 Å². The van der Waals surface area contributed by atoms with Crippen LogP contribution in [0.25, 0.3) is 0 Å². The summed E-state index contributed by atoms with van der Waals surface area (Å²) in [6.45, 7) is 1.55. The van der Waals surface area contributed by atoms with E-state index in [9.17, 15) is 14.4 Å². The van der Waals surface area contributed by atoms with Gasteiger partial charge in [0.25, 0.3) is 0 Å². The molecule has 4 rings (SSSR count). The first-order valence-electron chi connectivity index (χ1n) is 11.7. The van der Waals surface area contributed by atoms with Crippen molar-refractivity contribution >= 4 is 30.6 Å². The summed E-state index contributed by atoms with van der Waals surface area (Å²) in [5.41, 5.74) is 3.56. The van der Waals surface area contributed by atoms with Crippen LogP contribution in [0.4, 0.5) is 0 Å². The van der Waals surface area contributed by atoms with Crippen LogP contribution in [-0.4, -0.2) is 16.9 Å². The number of hydrogen-bond donors (Lipinski definition) is 2. The number of ether oxygens (including phenoxy) is 1. The van der Waals surface area contributed by atoms with Crippen LogP contribution >= 0.6 is 14.7 Å². The van der Waals surface area contributed by atoms with Gasteiger partial charge in [0, 0.05) is 0 Å². The molecule has 0 unspecified atom stereocenters. The van der Waals surface area contributed by atoms with Crippen molar-refractivity contribution in [2.24, 2.45) is 0 Å². The Balaban J connectivity index is 2.32. The van der Waals surface area contributed by atoms with Crippen molar-refractivity contribution in [3.8, 4) is 5.75 Å². The van der Waals surface area contributed by atoms with Gasteiger partial charge in [-0.25, -0.2) is 0 Å². The molecule has 0 heterocycles. The van der Waals surface area contributed by atoms with Crippen LogP contribution in [0.3, 0.4) is 0 Å². The average molecular weight is 523 g/mol. The van der Waals surface area contributed by atoms with Crippen molar-refractivity contribution < 1.29 is 23.4 Å². The van der Waals surface area contributed by atoms with Gasteiger partial charge in [0.2, 0.25) is 0 Å². The molecule has 0 radical (unpaired) electrons. The van der Waals surface area contributed by atoms with Gasteiger partial charge < -0.3 is 0 Å². The maximum atomic E-state index is 13.1. The van der Waals surface area contributed by atoms with E-state index in [2.05, 4.69) is 0 Å². The monoisotopic (exact) mass is 522 g/mol. The fraction of sp³-hybridized carbons (Fsp3) is 0.172. The summed E-state index contributed by atoms with van der Waals surface area (Å²) in [5.74, 6) is 0.666. The molecule has 36 heavy (non-hydrogen) atoms. The third kappa shape index (κ3) is 4.54. The second kappa shape index (κ2) is 9.94. The predicted molar refractivity (Wildman–Crippen MR) is 149 cm³/mol. The molecular weight excluding hydrogens is 490 g/mol. The Labute approximate surface area is 213 Å². The molecule has 0 aliphatic carbocycles. The second-order valence-corrected chi connectivity index (χ2v) is 15.0. The molecule has 188 valence electrons. The van der Waals surface area contributed by atoms with Gasteiger partial charge >= 0.3 is 213 Å². The molecule has 2 N–H and O–H groups in total. The normalized spacial score (nSPS) is 13.1. The van der Waals surface area contributed by atoms with E-state index in [0.29, 0.717) is 5.75 Å². The summed E-state index contributed by atoms with van der Waals surface area (Å²) >= 11 is 0. The van der Waals surface area contributed by atoms with Gasteiger partial charge in [-0.15, -0.1) is 0 Å². The molecule has 7 heteroatoms. The van der Waals surface area contributed by atoms with Crippen LogP contribution in [0.5, 0.6) is 5.75 Å². The van der Waals surface area contributed by atoms with Gasteiger partial charge in [-0.1, -0.05) is 0 Å². The molecule has 0 aliphatic heterocycles. The molecule has 0 saturated heterocycles. The van der Waals surface area contributed by atoms with Crippen LogP contribution in [0.15, 0.2) is 97.1 Å². The van der Waals surface area contributed by atoms with Gasteiger partial charge in [-0.2, -0.15) is 0 Å². The zero-order valence-corrected chi connectivity index (χ0v) is 22.7. The third-order valence-corrected chi connectivity index (χ3v) is 14.6. The van der Waals surface area contributed by atoms with E-state index in [1.807, 2.05) is 118 Å². The van der Waals surface area contributed by atoms with E-state index >= 15 is 0 Å². The van der Waals surface area contributed by atoms with E-state index in [1.165, 1.54) is 0 Å². The number of phosphoric acid groups is 1. The molecule has 0 spiro atoms. The van der Waals surface area contributed by atoms with Crippen LogP contribution in [0, 0.1) is 20.8 Å². The standard InChI is InChI=1S/C29H32O5P2/c1-22-12-5-8-17-27(22)36(34-35(30,31)32,28-18-9-6-13-23(28)2,29-19-10-7-14-24(29)3)21-25-15-11-16-26(20-25)33-4/h5-20H,21H2,1-4H3,(H2,30,31,32). The quantitative estimate of drug-likeness (QED) is 0.292. The van der Waals surface area contributed by atoms with E-state index in [1.54, 1.807) is 7.11 Å². The first kappa shape index (κ1) is 26.3. The van der Waals surface area contributed by atoms with Gasteiger partial charge in [-0.3, -0.25) is 0 Å². The topological polar surface area (TPSA) is 76.0 Å². The Morgan fingerprint density at radius 2 is 1.14 bits per heavy atom. The van der Waals surface area contributed by atoms with Gasteiger partial charge in [-0.05, 0) is 0 Å². The van der Waals surface area contributed by atoms with Gasteiger partial charge in [0.05, 0.1) is 0 Å². The van der Waals surface area contributed by atoms with Crippen molar-refractivity contribution in [1.29, 1.82) is 0 Å². The molecule has 0 amide bonds. The van der Waals surface area contributed by atoms with Crippen molar-refractivity contribution in [3.05, 3.63) is 119 Å². The van der Waals surface area contributed by atoms with E-state index in [4.69, 9.17) is 9.05 Å². The van der Waals surface area contributed by atoms with Gasteiger partial charge in [0.15, 0.2) is 0 Å². The van der Waals surface area contributed by atoms with Crippen LogP contribution < -0.4 is 20.7 Å². The van der Waals surface area contributed by atoms with Crippen molar-refractivity contribution in [3.63, 3.8) is 0 Å². The molecule has 4 aromatic carbocycles. The van der Waals surface area contributed by atoms with E-state index < -0.39 is 14.7 Å². The van der Waals surface area contributed by atoms with Crippen molar-refractivity contribution in [1.82, 2.24) is 0 Å². The third-order valence-electron chi connectivity index (χ3n) is 6.78. The molecule has 5 nitrogen and oxygen atoms in total. The Kier molecular flexibility index (Phi) is 7.26. The number of benzene rings is 4. The summed E-state index contributed by atoms with van der Waals surface area (Å²) in [7, 11) is -3.43. The number of hydrogen-bond acceptors (Lipinski definition) is 3. The van der Waals surface area contributed by atoms with Gasteiger partial charge in [0.1, 0.15) is 0 Å². The first-order chi connectivity index (χ1) is 17.1. The fourth-order valence-electron chi connectivity index (χ4n) is 5.44. The second-order valence-electron chi connectivity index (χ2n) is 9.15. The summed E-state index contributed by atoms with van der Waals surface area (Å²) in [4.78, 5) is 21.3. The molecule has 0 fully saturated rings. The summed E-state index contributed by atoms with van der Waals surface area (Å²) < 4.78 is 25.1. The molecule has 0 saturated carbocycles. The Bertz CT molecular complexity index is 1330. The molecule has 0 atom stereocenters. The molecular formula is C29H32O5P2. The summed E-state index contributed by atoms with van der Waals surface area (Å²) in [6, 6.07) is 31.0. The molecule has 4 aromatic rings. The predicted octanol–water partition coefficient (Wildman–Crippen LogP) is 5.67. The number of rotatable bonds is 8. The molecule has 0 aliphatic rings. The molecule has 0 aromatic heterocycles. The minimum absolute atomic E-state index is 0.245. The van der Waals surface area contributed by atoms with E-state index in [0.717, 1.165) is 38.2 Å². The summed E-state index contributed by atoms with van der Waals surface area (Å²) in [5, 5.41) is 2.37. The fourth-order valence-corrected chi connectivity index (χ4v) is 14.5. The number of aryl methyl sites for hydroxylation is 3. The Morgan fingerprint density at radius 1 is 0.694 bits per heavy atom. The first-order valence-corrected chi connectivity index (χ1v) is 15.6.